The molecule has 0 bridgehead atoms. The van der Waals surface area contributed by atoms with Gasteiger partial charge in [0.1, 0.15) is 11.3 Å². The van der Waals surface area contributed by atoms with Crippen LogP contribution in [0.5, 0.6) is 0 Å². The second-order valence-corrected chi connectivity index (χ2v) is 3.96. The third-order valence-corrected chi connectivity index (χ3v) is 2.74. The van der Waals surface area contributed by atoms with Crippen LogP contribution in [-0.4, -0.2) is 24.7 Å². The molecule has 86 valence electrons. The van der Waals surface area contributed by atoms with Gasteiger partial charge in [0.2, 0.25) is 0 Å². The predicted octanol–water partition coefficient (Wildman–Crippen LogP) is 1.64. The Morgan fingerprint density at radius 3 is 2.76 bits per heavy atom. The molecular formula is C11H11N5O. The molecule has 0 amide bonds. The van der Waals surface area contributed by atoms with Crippen LogP contribution < -0.4 is 0 Å². The lowest BCUT2D eigenvalue weighted by Crippen LogP contribution is -1.93. The van der Waals surface area contributed by atoms with E-state index in [-0.39, 0.29) is 0 Å². The predicted molar refractivity (Wildman–Crippen MR) is 61.3 cm³/mol. The summed E-state index contributed by atoms with van der Waals surface area (Å²) < 4.78 is 6.99. The summed E-state index contributed by atoms with van der Waals surface area (Å²) in [4.78, 5) is 13.0. The largest absolute Gasteiger partial charge is 0.361 e. The van der Waals surface area contributed by atoms with Crippen molar-refractivity contribution < 1.29 is 4.52 Å². The van der Waals surface area contributed by atoms with E-state index in [1.165, 1.54) is 0 Å². The zero-order valence-corrected chi connectivity index (χ0v) is 9.80. The van der Waals surface area contributed by atoms with Crippen LogP contribution in [0.2, 0.25) is 0 Å². The first-order valence-corrected chi connectivity index (χ1v) is 5.24. The minimum absolute atomic E-state index is 0.604. The Labute approximate surface area is 97.3 Å². The van der Waals surface area contributed by atoms with Gasteiger partial charge in [-0.2, -0.15) is 0 Å². The molecule has 6 nitrogen and oxygen atoms in total. The van der Waals surface area contributed by atoms with Crippen molar-refractivity contribution >= 4 is 11.2 Å². The molecule has 3 aromatic heterocycles. The molecule has 0 spiro atoms. The van der Waals surface area contributed by atoms with E-state index in [1.54, 1.807) is 12.5 Å². The van der Waals surface area contributed by atoms with Gasteiger partial charge in [-0.15, -0.1) is 0 Å². The van der Waals surface area contributed by atoms with Crippen LogP contribution in [0.15, 0.2) is 17.0 Å². The fourth-order valence-corrected chi connectivity index (χ4v) is 1.84. The third-order valence-electron chi connectivity index (χ3n) is 2.74. The summed E-state index contributed by atoms with van der Waals surface area (Å²) in [5.41, 5.74) is 3.22. The maximum Gasteiger partial charge on any atom is 0.181 e. The number of rotatable bonds is 1. The second-order valence-electron chi connectivity index (χ2n) is 3.96. The van der Waals surface area contributed by atoms with Crippen molar-refractivity contribution in [1.82, 2.24) is 24.7 Å². The number of nitrogens with zero attached hydrogens (tertiary/aromatic N) is 5. The number of hydrogen-bond donors (Lipinski definition) is 0. The molecule has 3 heterocycles. The molecule has 0 aliphatic rings. The zero-order chi connectivity index (χ0) is 12.0. The summed E-state index contributed by atoms with van der Waals surface area (Å²) in [6.07, 6.45) is 3.48. The molecule has 0 radical (unpaired) electrons. The van der Waals surface area contributed by atoms with Crippen LogP contribution in [-0.2, 0) is 7.05 Å². The summed E-state index contributed by atoms with van der Waals surface area (Å²) in [6, 6.07) is 0. The van der Waals surface area contributed by atoms with E-state index in [4.69, 9.17) is 4.52 Å². The highest BCUT2D eigenvalue weighted by Gasteiger charge is 2.15. The van der Waals surface area contributed by atoms with E-state index >= 15 is 0 Å². The lowest BCUT2D eigenvalue weighted by atomic mass is 10.2. The number of aryl methyl sites for hydroxylation is 3. The van der Waals surface area contributed by atoms with Crippen molar-refractivity contribution in [2.45, 2.75) is 13.8 Å². The monoisotopic (exact) mass is 229 g/mol. The molecular weight excluding hydrogens is 218 g/mol. The first-order chi connectivity index (χ1) is 8.16. The van der Waals surface area contributed by atoms with Gasteiger partial charge in [0.05, 0.1) is 23.8 Å². The van der Waals surface area contributed by atoms with E-state index in [9.17, 15) is 0 Å². The minimum atomic E-state index is 0.604. The SMILES string of the molecule is Cc1noc(C)c1-c1ncc2c(ncn2C)n1. The van der Waals surface area contributed by atoms with Crippen molar-refractivity contribution in [2.75, 3.05) is 0 Å². The van der Waals surface area contributed by atoms with Crippen molar-refractivity contribution in [3.05, 3.63) is 24.0 Å². The zero-order valence-electron chi connectivity index (χ0n) is 9.80. The lowest BCUT2D eigenvalue weighted by molar-refractivity contribution is 0.393. The molecule has 0 saturated heterocycles. The quantitative estimate of drug-likeness (QED) is 0.634. The highest BCUT2D eigenvalue weighted by Crippen LogP contribution is 2.24. The Morgan fingerprint density at radius 2 is 2.06 bits per heavy atom. The Balaban J connectivity index is 2.25. The molecule has 0 aromatic carbocycles. The summed E-state index contributed by atoms with van der Waals surface area (Å²) in [7, 11) is 1.91. The fraction of sp³-hybridized carbons (Fsp3) is 0.273. The molecule has 0 aliphatic carbocycles. The third kappa shape index (κ3) is 1.41. The van der Waals surface area contributed by atoms with Crippen LogP contribution >= 0.6 is 0 Å². The molecule has 0 unspecified atom stereocenters. The van der Waals surface area contributed by atoms with E-state index in [2.05, 4.69) is 20.1 Å². The summed E-state index contributed by atoms with van der Waals surface area (Å²) >= 11 is 0. The number of aromatic nitrogens is 5. The lowest BCUT2D eigenvalue weighted by Gasteiger charge is -1.98. The Morgan fingerprint density at radius 1 is 1.24 bits per heavy atom. The van der Waals surface area contributed by atoms with Crippen LogP contribution in [0.1, 0.15) is 11.5 Å². The van der Waals surface area contributed by atoms with Crippen molar-refractivity contribution in [2.24, 2.45) is 7.05 Å². The van der Waals surface area contributed by atoms with Gasteiger partial charge in [-0.05, 0) is 13.8 Å². The van der Waals surface area contributed by atoms with Crippen LogP contribution in [0.3, 0.4) is 0 Å². The van der Waals surface area contributed by atoms with Gasteiger partial charge in [0.25, 0.3) is 0 Å². The molecule has 3 aromatic rings. The molecule has 0 N–H and O–H groups in total. The van der Waals surface area contributed by atoms with Gasteiger partial charge in [-0.3, -0.25) is 0 Å². The first-order valence-electron chi connectivity index (χ1n) is 5.24. The molecule has 17 heavy (non-hydrogen) atoms. The molecule has 3 rings (SSSR count). The van der Waals surface area contributed by atoms with Crippen molar-refractivity contribution in [1.29, 1.82) is 0 Å². The van der Waals surface area contributed by atoms with Crippen LogP contribution in [0.4, 0.5) is 0 Å². The summed E-state index contributed by atoms with van der Waals surface area (Å²) in [5.74, 6) is 1.32. The standard InChI is InChI=1S/C11H11N5O/c1-6-9(7(2)17-15-6)11-12-4-8-10(14-11)13-5-16(8)3/h4-5H,1-3H3. The topological polar surface area (TPSA) is 69.6 Å². The first kappa shape index (κ1) is 9.95. The van der Waals surface area contributed by atoms with E-state index in [0.29, 0.717) is 11.5 Å². The smallest absolute Gasteiger partial charge is 0.181 e. The summed E-state index contributed by atoms with van der Waals surface area (Å²) in [6.45, 7) is 3.72. The number of hydrogen-bond acceptors (Lipinski definition) is 5. The molecule has 0 fully saturated rings. The van der Waals surface area contributed by atoms with E-state index < -0.39 is 0 Å². The van der Waals surface area contributed by atoms with Gasteiger partial charge in [-0.25, -0.2) is 15.0 Å². The normalized spacial score (nSPS) is 11.2. The Bertz CT molecular complexity index is 678. The second kappa shape index (κ2) is 3.38. The van der Waals surface area contributed by atoms with E-state index in [0.717, 1.165) is 22.5 Å². The number of fused-ring (bicyclic) bond motifs is 1. The van der Waals surface area contributed by atoms with Crippen LogP contribution in [0.25, 0.3) is 22.6 Å². The Hall–Kier alpha value is -2.24. The molecule has 0 atom stereocenters. The van der Waals surface area contributed by atoms with Gasteiger partial charge in [0.15, 0.2) is 11.5 Å². The maximum absolute atomic E-state index is 5.11. The van der Waals surface area contributed by atoms with Gasteiger partial charge < -0.3 is 9.09 Å². The molecule has 0 saturated carbocycles. The summed E-state index contributed by atoms with van der Waals surface area (Å²) in [5, 5.41) is 3.90. The van der Waals surface area contributed by atoms with Gasteiger partial charge >= 0.3 is 0 Å². The van der Waals surface area contributed by atoms with Gasteiger partial charge in [-0.1, -0.05) is 5.16 Å². The van der Waals surface area contributed by atoms with Crippen molar-refractivity contribution in [3.8, 4) is 11.4 Å². The minimum Gasteiger partial charge on any atom is -0.361 e. The number of imidazole rings is 1. The van der Waals surface area contributed by atoms with E-state index in [1.807, 2.05) is 25.5 Å². The highest BCUT2D eigenvalue weighted by atomic mass is 16.5. The van der Waals surface area contributed by atoms with Crippen LogP contribution in [0, 0.1) is 13.8 Å². The molecule has 6 heteroatoms. The molecule has 0 aliphatic heterocycles. The Kier molecular flexibility index (Phi) is 1.98. The van der Waals surface area contributed by atoms with Gasteiger partial charge in [0, 0.05) is 7.05 Å². The van der Waals surface area contributed by atoms with Crippen molar-refractivity contribution in [3.63, 3.8) is 0 Å². The fourth-order valence-electron chi connectivity index (χ4n) is 1.84. The average Bonchev–Trinajstić information content (AvgIpc) is 2.83. The average molecular weight is 229 g/mol. The highest BCUT2D eigenvalue weighted by molar-refractivity contribution is 5.73. The maximum atomic E-state index is 5.11.